The molecule has 0 radical (unpaired) electrons. The van der Waals surface area contributed by atoms with E-state index in [0.29, 0.717) is 38.7 Å². The maximum absolute atomic E-state index is 12.5. The first-order chi connectivity index (χ1) is 16.2. The Labute approximate surface area is 217 Å². The number of benzene rings is 3. The lowest BCUT2D eigenvalue weighted by Gasteiger charge is -2.12. The zero-order valence-electron chi connectivity index (χ0n) is 18.3. The Kier molecular flexibility index (Phi) is 7.43. The first-order valence-electron chi connectivity index (χ1n) is 10.5. The van der Waals surface area contributed by atoms with Crippen LogP contribution in [0.4, 0.5) is 5.69 Å². The van der Waals surface area contributed by atoms with Crippen LogP contribution < -0.4 is 10.6 Å². The summed E-state index contributed by atoms with van der Waals surface area (Å²) in [5.74, 6) is 0.402. The number of rotatable bonds is 5. The van der Waals surface area contributed by atoms with Gasteiger partial charge in [-0.3, -0.25) is 10.1 Å². The van der Waals surface area contributed by atoms with Crippen molar-refractivity contribution in [2.24, 2.45) is 0 Å². The highest BCUT2D eigenvalue weighted by Crippen LogP contribution is 2.32. The Morgan fingerprint density at radius 2 is 1.82 bits per heavy atom. The van der Waals surface area contributed by atoms with Gasteiger partial charge in [-0.2, -0.15) is 0 Å². The molecule has 0 fully saturated rings. The minimum atomic E-state index is -0.492. The third kappa shape index (κ3) is 5.36. The number of hydrogen-bond donors (Lipinski definition) is 2. The van der Waals surface area contributed by atoms with Crippen LogP contribution in [-0.4, -0.2) is 16.0 Å². The molecule has 1 atom stereocenters. The molecular formula is C25H20Cl3N3O2S. The lowest BCUT2D eigenvalue weighted by molar-refractivity contribution is 0.0978. The second kappa shape index (κ2) is 10.3. The van der Waals surface area contributed by atoms with Gasteiger partial charge in [0.05, 0.1) is 21.3 Å². The van der Waals surface area contributed by atoms with Crippen molar-refractivity contribution in [2.45, 2.75) is 26.2 Å². The lowest BCUT2D eigenvalue weighted by Crippen LogP contribution is -2.34. The van der Waals surface area contributed by atoms with Crippen molar-refractivity contribution in [1.82, 2.24) is 10.3 Å². The molecule has 0 saturated heterocycles. The van der Waals surface area contributed by atoms with E-state index in [2.05, 4.69) is 41.6 Å². The van der Waals surface area contributed by atoms with Crippen LogP contribution in [0.25, 0.3) is 22.6 Å². The zero-order chi connectivity index (χ0) is 24.4. The Hall–Kier alpha value is -2.64. The first-order valence-corrected chi connectivity index (χ1v) is 12.1. The molecule has 1 heterocycles. The quantitative estimate of drug-likeness (QED) is 0.254. The van der Waals surface area contributed by atoms with Crippen LogP contribution in [0.1, 0.15) is 42.1 Å². The number of fused-ring (bicyclic) bond motifs is 1. The smallest absolute Gasteiger partial charge is 0.258 e. The molecule has 4 rings (SSSR count). The third-order valence-electron chi connectivity index (χ3n) is 5.45. The fourth-order valence-corrected chi connectivity index (χ4v) is 4.10. The standard InChI is InChI=1S/C25H20Cl3N3O2S/c1-3-13(2)14-5-9-22-21(10-14)29-24(33-22)15-4-7-19(28)20(11-15)30-25(34)31-23(32)17-12-16(26)6-8-18(17)27/h4-13H,3H2,1-2H3,(H2,30,31,32,34). The minimum Gasteiger partial charge on any atom is -0.436 e. The van der Waals surface area contributed by atoms with Crippen LogP contribution in [0.3, 0.4) is 0 Å². The van der Waals surface area contributed by atoms with Crippen molar-refractivity contribution >= 4 is 74.8 Å². The summed E-state index contributed by atoms with van der Waals surface area (Å²) in [5, 5.41) is 6.64. The number of thiocarbonyl (C=S) groups is 1. The molecule has 174 valence electrons. The summed E-state index contributed by atoms with van der Waals surface area (Å²) in [5.41, 5.74) is 4.12. The minimum absolute atomic E-state index is 0.0517. The summed E-state index contributed by atoms with van der Waals surface area (Å²) in [6.07, 6.45) is 1.04. The van der Waals surface area contributed by atoms with E-state index >= 15 is 0 Å². The number of aromatic nitrogens is 1. The number of amides is 1. The normalized spacial score (nSPS) is 11.9. The van der Waals surface area contributed by atoms with E-state index in [0.717, 1.165) is 11.9 Å². The van der Waals surface area contributed by atoms with Crippen LogP contribution in [0.2, 0.25) is 15.1 Å². The van der Waals surface area contributed by atoms with Gasteiger partial charge in [0, 0.05) is 10.6 Å². The van der Waals surface area contributed by atoms with Crippen molar-refractivity contribution in [3.63, 3.8) is 0 Å². The van der Waals surface area contributed by atoms with Gasteiger partial charge in [0.25, 0.3) is 5.91 Å². The molecule has 0 aliphatic carbocycles. The van der Waals surface area contributed by atoms with Gasteiger partial charge in [-0.05, 0) is 78.7 Å². The maximum atomic E-state index is 12.5. The average Bonchev–Trinajstić information content (AvgIpc) is 3.24. The third-order valence-corrected chi connectivity index (χ3v) is 6.55. The molecule has 0 saturated carbocycles. The summed E-state index contributed by atoms with van der Waals surface area (Å²) in [4.78, 5) is 17.2. The Balaban J connectivity index is 1.54. The SMILES string of the molecule is CCC(C)c1ccc2oc(-c3ccc(Cl)c(NC(=S)NC(=O)c4cc(Cl)ccc4Cl)c3)nc2c1. The van der Waals surface area contributed by atoms with E-state index < -0.39 is 5.91 Å². The van der Waals surface area contributed by atoms with Gasteiger partial charge in [-0.15, -0.1) is 0 Å². The largest absolute Gasteiger partial charge is 0.436 e. The molecule has 1 unspecified atom stereocenters. The average molecular weight is 533 g/mol. The number of nitrogens with zero attached hydrogens (tertiary/aromatic N) is 1. The van der Waals surface area contributed by atoms with E-state index in [1.54, 1.807) is 30.3 Å². The highest BCUT2D eigenvalue weighted by atomic mass is 35.5. The van der Waals surface area contributed by atoms with Crippen molar-refractivity contribution in [2.75, 3.05) is 5.32 Å². The Morgan fingerprint density at radius 3 is 2.59 bits per heavy atom. The van der Waals surface area contributed by atoms with Crippen LogP contribution in [0, 0.1) is 0 Å². The van der Waals surface area contributed by atoms with Crippen molar-refractivity contribution in [1.29, 1.82) is 0 Å². The van der Waals surface area contributed by atoms with Gasteiger partial charge in [0.1, 0.15) is 5.52 Å². The van der Waals surface area contributed by atoms with E-state index in [-0.39, 0.29) is 15.7 Å². The van der Waals surface area contributed by atoms with E-state index in [9.17, 15) is 4.79 Å². The Morgan fingerprint density at radius 1 is 1.06 bits per heavy atom. The van der Waals surface area contributed by atoms with Crippen molar-refractivity contribution in [3.8, 4) is 11.5 Å². The molecule has 0 spiro atoms. The van der Waals surface area contributed by atoms with E-state index in [1.807, 2.05) is 6.07 Å². The molecule has 34 heavy (non-hydrogen) atoms. The van der Waals surface area contributed by atoms with Crippen molar-refractivity contribution in [3.05, 3.63) is 80.8 Å². The fourth-order valence-electron chi connectivity index (χ4n) is 3.36. The predicted octanol–water partition coefficient (Wildman–Crippen LogP) is 8.10. The summed E-state index contributed by atoms with van der Waals surface area (Å²) in [6, 6.07) is 15.9. The van der Waals surface area contributed by atoms with E-state index in [4.69, 9.17) is 51.4 Å². The van der Waals surface area contributed by atoms with E-state index in [1.165, 1.54) is 11.6 Å². The number of halogens is 3. The Bertz CT molecular complexity index is 1400. The molecule has 0 aliphatic rings. The molecule has 1 amide bonds. The summed E-state index contributed by atoms with van der Waals surface area (Å²) in [7, 11) is 0. The molecule has 9 heteroatoms. The predicted molar refractivity (Wildman–Crippen MR) is 143 cm³/mol. The second-order valence-electron chi connectivity index (χ2n) is 7.78. The monoisotopic (exact) mass is 531 g/mol. The fraction of sp³-hybridized carbons (Fsp3) is 0.160. The zero-order valence-corrected chi connectivity index (χ0v) is 21.4. The summed E-state index contributed by atoms with van der Waals surface area (Å²) in [6.45, 7) is 4.34. The van der Waals surface area contributed by atoms with Gasteiger partial charge in [-0.1, -0.05) is 54.7 Å². The lowest BCUT2D eigenvalue weighted by atomic mass is 9.98. The van der Waals surface area contributed by atoms with Gasteiger partial charge in [0.2, 0.25) is 5.89 Å². The molecule has 2 N–H and O–H groups in total. The number of nitrogens with one attached hydrogen (secondary N) is 2. The molecule has 1 aromatic heterocycles. The molecule has 3 aromatic carbocycles. The first kappa shape index (κ1) is 24.5. The van der Waals surface area contributed by atoms with Crippen LogP contribution >= 0.6 is 47.0 Å². The second-order valence-corrected chi connectivity index (χ2v) is 9.44. The number of carbonyl (C=O) groups excluding carboxylic acids is 1. The molecule has 0 bridgehead atoms. The van der Waals surface area contributed by atoms with Crippen LogP contribution in [-0.2, 0) is 0 Å². The van der Waals surface area contributed by atoms with Crippen LogP contribution in [0.5, 0.6) is 0 Å². The number of oxazole rings is 1. The summed E-state index contributed by atoms with van der Waals surface area (Å²) < 4.78 is 5.96. The number of hydrogen-bond acceptors (Lipinski definition) is 4. The maximum Gasteiger partial charge on any atom is 0.258 e. The van der Waals surface area contributed by atoms with Gasteiger partial charge < -0.3 is 9.73 Å². The van der Waals surface area contributed by atoms with Crippen molar-refractivity contribution < 1.29 is 9.21 Å². The molecule has 4 aromatic rings. The van der Waals surface area contributed by atoms with Crippen LogP contribution in [0.15, 0.2) is 59.0 Å². The summed E-state index contributed by atoms with van der Waals surface area (Å²) >= 11 is 23.7. The molecular weight excluding hydrogens is 513 g/mol. The molecule has 0 aliphatic heterocycles. The number of anilines is 1. The highest BCUT2D eigenvalue weighted by molar-refractivity contribution is 7.80. The topological polar surface area (TPSA) is 67.2 Å². The van der Waals surface area contributed by atoms with Gasteiger partial charge in [0.15, 0.2) is 10.7 Å². The van der Waals surface area contributed by atoms with Gasteiger partial charge in [-0.25, -0.2) is 4.98 Å². The highest BCUT2D eigenvalue weighted by Gasteiger charge is 2.15. The molecule has 5 nitrogen and oxygen atoms in total. The number of carbonyl (C=O) groups is 1. The van der Waals surface area contributed by atoms with Gasteiger partial charge >= 0.3 is 0 Å².